The van der Waals surface area contributed by atoms with E-state index in [0.29, 0.717) is 10.8 Å². The van der Waals surface area contributed by atoms with Crippen LogP contribution in [0.15, 0.2) is 24.3 Å². The van der Waals surface area contributed by atoms with Crippen LogP contribution in [0, 0.1) is 0 Å². The number of nitrogens with one attached hydrogen (secondary N) is 1. The lowest BCUT2D eigenvalue weighted by atomic mass is 10.3. The van der Waals surface area contributed by atoms with Crippen molar-refractivity contribution in [3.63, 3.8) is 0 Å². The van der Waals surface area contributed by atoms with E-state index >= 15 is 0 Å². The Hall–Kier alpha value is -0.940. The molecule has 1 atom stereocenters. The fourth-order valence-electron chi connectivity index (χ4n) is 1.20. The van der Waals surface area contributed by atoms with Gasteiger partial charge in [-0.2, -0.15) is 13.2 Å². The maximum Gasteiger partial charge on any atom is 0.401 e. The molecule has 0 radical (unpaired) electrons. The molecule has 0 fully saturated rings. The summed E-state index contributed by atoms with van der Waals surface area (Å²) >= 11 is 5.69. The molecule has 0 bridgehead atoms. The highest BCUT2D eigenvalue weighted by Gasteiger charge is 2.26. The Morgan fingerprint density at radius 3 is 2.41 bits per heavy atom. The molecule has 0 aliphatic rings. The van der Waals surface area contributed by atoms with Gasteiger partial charge in [-0.3, -0.25) is 0 Å². The lowest BCUT2D eigenvalue weighted by Gasteiger charge is -2.16. The normalized spacial score (nSPS) is 13.5. The first-order chi connectivity index (χ1) is 7.87. The van der Waals surface area contributed by atoms with Crippen LogP contribution in [0.1, 0.15) is 6.92 Å². The van der Waals surface area contributed by atoms with Gasteiger partial charge in [0.05, 0.1) is 6.54 Å². The zero-order chi connectivity index (χ0) is 12.9. The Labute approximate surface area is 103 Å². The van der Waals surface area contributed by atoms with Crippen LogP contribution in [0.3, 0.4) is 0 Å². The molecule has 6 heteroatoms. The quantitative estimate of drug-likeness (QED) is 0.884. The molecule has 0 heterocycles. The summed E-state index contributed by atoms with van der Waals surface area (Å²) in [6, 6.07) is 6.66. The smallest absolute Gasteiger partial charge is 0.401 e. The molecular weight excluding hydrogens is 255 g/mol. The summed E-state index contributed by atoms with van der Waals surface area (Å²) in [4.78, 5) is 0. The molecule has 1 N–H and O–H groups in total. The topological polar surface area (TPSA) is 21.3 Å². The third kappa shape index (κ3) is 6.38. The number of alkyl halides is 3. The third-order valence-electron chi connectivity index (χ3n) is 1.91. The molecule has 1 rings (SSSR count). The number of hydrogen-bond acceptors (Lipinski definition) is 2. The minimum atomic E-state index is -4.19. The first-order valence-corrected chi connectivity index (χ1v) is 5.44. The number of rotatable bonds is 5. The lowest BCUT2D eigenvalue weighted by molar-refractivity contribution is -0.125. The van der Waals surface area contributed by atoms with E-state index in [2.05, 4.69) is 5.32 Å². The minimum Gasteiger partial charge on any atom is -0.489 e. The van der Waals surface area contributed by atoms with Crippen molar-refractivity contribution in [1.29, 1.82) is 0 Å². The van der Waals surface area contributed by atoms with Crippen molar-refractivity contribution in [2.45, 2.75) is 19.2 Å². The summed E-state index contributed by atoms with van der Waals surface area (Å²) in [7, 11) is 0. The predicted molar refractivity (Wildman–Crippen MR) is 60.5 cm³/mol. The Morgan fingerprint density at radius 1 is 1.29 bits per heavy atom. The molecule has 0 aliphatic carbocycles. The Bertz CT molecular complexity index is 340. The van der Waals surface area contributed by atoms with Gasteiger partial charge in [-0.25, -0.2) is 0 Å². The molecular formula is C11H13ClF3NO. The highest BCUT2D eigenvalue weighted by Crippen LogP contribution is 2.17. The first kappa shape index (κ1) is 14.1. The van der Waals surface area contributed by atoms with E-state index in [1.165, 1.54) is 0 Å². The molecule has 17 heavy (non-hydrogen) atoms. The van der Waals surface area contributed by atoms with E-state index in [9.17, 15) is 13.2 Å². The highest BCUT2D eigenvalue weighted by molar-refractivity contribution is 6.30. The van der Waals surface area contributed by atoms with Gasteiger partial charge in [0.1, 0.15) is 11.9 Å². The van der Waals surface area contributed by atoms with Crippen molar-refractivity contribution in [3.8, 4) is 5.75 Å². The van der Waals surface area contributed by atoms with Gasteiger partial charge >= 0.3 is 6.18 Å². The first-order valence-electron chi connectivity index (χ1n) is 5.06. The molecule has 1 aromatic rings. The summed E-state index contributed by atoms with van der Waals surface area (Å²) in [5.41, 5.74) is 0. The standard InChI is InChI=1S/C11H13ClF3NO/c1-8(6-16-7-11(13,14)15)17-10-4-2-9(12)3-5-10/h2-5,8,16H,6-7H2,1H3. The van der Waals surface area contributed by atoms with E-state index in [4.69, 9.17) is 16.3 Å². The fourth-order valence-corrected chi connectivity index (χ4v) is 1.33. The number of ether oxygens (including phenoxy) is 1. The van der Waals surface area contributed by atoms with E-state index < -0.39 is 12.7 Å². The van der Waals surface area contributed by atoms with Crippen LogP contribution in [-0.4, -0.2) is 25.4 Å². The van der Waals surface area contributed by atoms with Gasteiger partial charge in [-0.15, -0.1) is 0 Å². The highest BCUT2D eigenvalue weighted by atomic mass is 35.5. The zero-order valence-corrected chi connectivity index (χ0v) is 9.98. The van der Waals surface area contributed by atoms with Crippen molar-refractivity contribution >= 4 is 11.6 Å². The average Bonchev–Trinajstić information content (AvgIpc) is 2.19. The van der Waals surface area contributed by atoms with Gasteiger partial charge in [-0.05, 0) is 31.2 Å². The van der Waals surface area contributed by atoms with Crippen LogP contribution >= 0.6 is 11.6 Å². The molecule has 0 aromatic heterocycles. The molecule has 0 spiro atoms. The molecule has 0 amide bonds. The van der Waals surface area contributed by atoms with E-state index in [0.717, 1.165) is 0 Å². The van der Waals surface area contributed by atoms with E-state index in [-0.39, 0.29) is 12.6 Å². The second kappa shape index (κ2) is 6.12. The van der Waals surface area contributed by atoms with Crippen molar-refractivity contribution in [3.05, 3.63) is 29.3 Å². The van der Waals surface area contributed by atoms with Gasteiger partial charge < -0.3 is 10.1 Å². The summed E-state index contributed by atoms with van der Waals surface area (Å²) < 4.78 is 41.0. The molecule has 0 saturated heterocycles. The van der Waals surface area contributed by atoms with E-state index in [1.807, 2.05) is 0 Å². The maximum atomic E-state index is 11.9. The van der Waals surface area contributed by atoms with Gasteiger partial charge in [-0.1, -0.05) is 11.6 Å². The molecule has 0 saturated carbocycles. The Morgan fingerprint density at radius 2 is 1.88 bits per heavy atom. The van der Waals surface area contributed by atoms with Crippen LogP contribution in [-0.2, 0) is 0 Å². The maximum absolute atomic E-state index is 11.9. The summed E-state index contributed by atoms with van der Waals surface area (Å²) in [5, 5.41) is 2.86. The van der Waals surface area contributed by atoms with Crippen LogP contribution < -0.4 is 10.1 Å². The lowest BCUT2D eigenvalue weighted by Crippen LogP contribution is -2.35. The predicted octanol–water partition coefficient (Wildman–Crippen LogP) is 3.26. The number of benzene rings is 1. The van der Waals surface area contributed by atoms with Crippen molar-refractivity contribution < 1.29 is 17.9 Å². The summed E-state index contributed by atoms with van der Waals surface area (Å²) in [6.45, 7) is 0.807. The van der Waals surface area contributed by atoms with Crippen LogP contribution in [0.25, 0.3) is 0 Å². The van der Waals surface area contributed by atoms with Crippen LogP contribution in [0.4, 0.5) is 13.2 Å². The van der Waals surface area contributed by atoms with Gasteiger partial charge in [0.15, 0.2) is 0 Å². The third-order valence-corrected chi connectivity index (χ3v) is 2.16. The van der Waals surface area contributed by atoms with Crippen LogP contribution in [0.5, 0.6) is 5.75 Å². The fraction of sp³-hybridized carbons (Fsp3) is 0.455. The molecule has 1 unspecified atom stereocenters. The number of halogens is 4. The van der Waals surface area contributed by atoms with E-state index in [1.54, 1.807) is 31.2 Å². The van der Waals surface area contributed by atoms with Gasteiger partial charge in [0.2, 0.25) is 0 Å². The monoisotopic (exact) mass is 267 g/mol. The molecule has 1 aromatic carbocycles. The van der Waals surface area contributed by atoms with Crippen LogP contribution in [0.2, 0.25) is 5.02 Å². The average molecular weight is 268 g/mol. The van der Waals surface area contributed by atoms with Crippen molar-refractivity contribution in [2.75, 3.05) is 13.1 Å². The summed E-state index contributed by atoms with van der Waals surface area (Å²) in [6.07, 6.45) is -4.54. The Kier molecular flexibility index (Phi) is 5.08. The zero-order valence-electron chi connectivity index (χ0n) is 9.22. The SMILES string of the molecule is CC(CNCC(F)(F)F)Oc1ccc(Cl)cc1. The molecule has 0 aliphatic heterocycles. The van der Waals surface area contributed by atoms with Gasteiger partial charge in [0.25, 0.3) is 0 Å². The number of hydrogen-bond donors (Lipinski definition) is 1. The molecule has 2 nitrogen and oxygen atoms in total. The second-order valence-electron chi connectivity index (χ2n) is 3.63. The van der Waals surface area contributed by atoms with Crippen molar-refractivity contribution in [1.82, 2.24) is 5.32 Å². The largest absolute Gasteiger partial charge is 0.489 e. The van der Waals surface area contributed by atoms with Gasteiger partial charge in [0, 0.05) is 11.6 Å². The van der Waals surface area contributed by atoms with Crippen molar-refractivity contribution in [2.24, 2.45) is 0 Å². The Balaban J connectivity index is 2.30. The minimum absolute atomic E-state index is 0.127. The summed E-state index contributed by atoms with van der Waals surface area (Å²) in [5.74, 6) is 0.579. The second-order valence-corrected chi connectivity index (χ2v) is 4.06. The molecule has 96 valence electrons.